The predicted molar refractivity (Wildman–Crippen MR) is 106 cm³/mol. The van der Waals surface area contributed by atoms with Crippen molar-refractivity contribution >= 4 is 23.2 Å². The van der Waals surface area contributed by atoms with Crippen LogP contribution >= 0.6 is 0 Å². The summed E-state index contributed by atoms with van der Waals surface area (Å²) in [6, 6.07) is 10.4. The van der Waals surface area contributed by atoms with E-state index in [0.29, 0.717) is 17.1 Å². The van der Waals surface area contributed by atoms with Crippen molar-refractivity contribution in [3.05, 3.63) is 59.2 Å². The second-order valence-electron chi connectivity index (χ2n) is 6.84. The van der Waals surface area contributed by atoms with Crippen LogP contribution in [0.25, 0.3) is 0 Å². The van der Waals surface area contributed by atoms with Crippen molar-refractivity contribution in [1.82, 2.24) is 0 Å². The number of hydrogen-bond acceptors (Lipinski definition) is 2. The molecule has 0 aromatic heterocycles. The van der Waals surface area contributed by atoms with Gasteiger partial charge in [-0.15, -0.1) is 0 Å². The Kier molecular flexibility index (Phi) is 7.39. The summed E-state index contributed by atoms with van der Waals surface area (Å²) in [4.78, 5) is 25.3. The van der Waals surface area contributed by atoms with Gasteiger partial charge in [0.15, 0.2) is 13.1 Å². The summed E-state index contributed by atoms with van der Waals surface area (Å²) in [5.41, 5.74) is 1.51. The number of nitrogens with one attached hydrogen (secondary N) is 3. The Labute approximate surface area is 167 Å². The minimum atomic E-state index is -4.56. The van der Waals surface area contributed by atoms with Gasteiger partial charge in [-0.2, -0.15) is 13.2 Å². The molecule has 3 N–H and O–H groups in total. The standard InChI is InChI=1S/C21H24F3N3O2/c1-4-27(12-19(28)25-17-11-7-8-14(2)15(17)3)13-20(29)26-18-10-6-5-9-16(18)21(22,23)24/h5-11H,4,12-13H2,1-3H3,(H,25,28)(H,26,29)/p+1. The van der Waals surface area contributed by atoms with Gasteiger partial charge in [0.1, 0.15) is 0 Å². The lowest BCUT2D eigenvalue weighted by Crippen LogP contribution is -3.13. The van der Waals surface area contributed by atoms with Crippen molar-refractivity contribution in [1.29, 1.82) is 0 Å². The molecule has 8 heteroatoms. The molecule has 5 nitrogen and oxygen atoms in total. The zero-order valence-electron chi connectivity index (χ0n) is 16.6. The maximum absolute atomic E-state index is 13.1. The van der Waals surface area contributed by atoms with E-state index < -0.39 is 17.6 Å². The molecule has 0 aliphatic carbocycles. The largest absolute Gasteiger partial charge is 0.418 e. The maximum atomic E-state index is 13.1. The number of para-hydroxylation sites is 1. The van der Waals surface area contributed by atoms with Crippen molar-refractivity contribution in [2.45, 2.75) is 26.9 Å². The van der Waals surface area contributed by atoms with Crippen LogP contribution in [0.15, 0.2) is 42.5 Å². The molecule has 2 rings (SSSR count). The minimum absolute atomic E-state index is 0.0260. The number of carbonyl (C=O) groups excluding carboxylic acids is 2. The van der Waals surface area contributed by atoms with E-state index in [1.54, 1.807) is 13.0 Å². The molecule has 0 spiro atoms. The molecule has 0 aliphatic heterocycles. The second-order valence-corrected chi connectivity index (χ2v) is 6.84. The smallest absolute Gasteiger partial charge is 0.321 e. The van der Waals surface area contributed by atoms with Crippen LogP contribution in [0.5, 0.6) is 0 Å². The van der Waals surface area contributed by atoms with Gasteiger partial charge in [-0.25, -0.2) is 0 Å². The van der Waals surface area contributed by atoms with E-state index in [2.05, 4.69) is 10.6 Å². The van der Waals surface area contributed by atoms with Gasteiger partial charge in [-0.1, -0.05) is 24.3 Å². The number of benzene rings is 2. The third-order valence-corrected chi connectivity index (χ3v) is 4.71. The van der Waals surface area contributed by atoms with Gasteiger partial charge in [0, 0.05) is 5.69 Å². The lowest BCUT2D eigenvalue weighted by Gasteiger charge is -2.18. The van der Waals surface area contributed by atoms with Crippen LogP contribution in [-0.2, 0) is 15.8 Å². The van der Waals surface area contributed by atoms with E-state index in [1.807, 2.05) is 26.0 Å². The van der Waals surface area contributed by atoms with E-state index in [9.17, 15) is 22.8 Å². The van der Waals surface area contributed by atoms with Crippen LogP contribution < -0.4 is 15.5 Å². The number of anilines is 2. The molecule has 1 unspecified atom stereocenters. The molecule has 156 valence electrons. The molecular weight excluding hydrogens is 383 g/mol. The average Bonchev–Trinajstić information content (AvgIpc) is 2.64. The Hall–Kier alpha value is -2.87. The van der Waals surface area contributed by atoms with Crippen molar-refractivity contribution in [2.24, 2.45) is 0 Å². The van der Waals surface area contributed by atoms with Gasteiger partial charge in [0.05, 0.1) is 17.8 Å². The Morgan fingerprint density at radius 3 is 2.03 bits per heavy atom. The highest BCUT2D eigenvalue weighted by atomic mass is 19.4. The third-order valence-electron chi connectivity index (χ3n) is 4.71. The van der Waals surface area contributed by atoms with E-state index in [-0.39, 0.29) is 24.7 Å². The first-order chi connectivity index (χ1) is 13.6. The summed E-state index contributed by atoms with van der Waals surface area (Å²) >= 11 is 0. The van der Waals surface area contributed by atoms with Crippen LogP contribution in [-0.4, -0.2) is 31.4 Å². The van der Waals surface area contributed by atoms with E-state index in [0.717, 1.165) is 17.2 Å². The van der Waals surface area contributed by atoms with Crippen molar-refractivity contribution in [3.63, 3.8) is 0 Å². The van der Waals surface area contributed by atoms with Crippen molar-refractivity contribution < 1.29 is 27.7 Å². The summed E-state index contributed by atoms with van der Waals surface area (Å²) in [5, 5.41) is 5.14. The fourth-order valence-electron chi connectivity index (χ4n) is 2.88. The number of rotatable bonds is 7. The number of aryl methyl sites for hydroxylation is 1. The van der Waals surface area contributed by atoms with Crippen LogP contribution in [0, 0.1) is 13.8 Å². The molecule has 2 aromatic carbocycles. The van der Waals surface area contributed by atoms with Gasteiger partial charge in [-0.05, 0) is 50.1 Å². The Bertz CT molecular complexity index is 882. The Balaban J connectivity index is 1.98. The van der Waals surface area contributed by atoms with Crippen LogP contribution in [0.3, 0.4) is 0 Å². The van der Waals surface area contributed by atoms with Gasteiger partial charge in [0.2, 0.25) is 0 Å². The van der Waals surface area contributed by atoms with Crippen LogP contribution in [0.1, 0.15) is 23.6 Å². The minimum Gasteiger partial charge on any atom is -0.321 e. The van der Waals surface area contributed by atoms with Crippen molar-refractivity contribution in [2.75, 3.05) is 30.3 Å². The van der Waals surface area contributed by atoms with E-state index in [1.165, 1.54) is 18.2 Å². The molecule has 0 bridgehead atoms. The first-order valence-corrected chi connectivity index (χ1v) is 9.27. The first kappa shape index (κ1) is 22.4. The van der Waals surface area contributed by atoms with Crippen molar-refractivity contribution in [3.8, 4) is 0 Å². The molecule has 0 radical (unpaired) electrons. The highest BCUT2D eigenvalue weighted by molar-refractivity contribution is 5.94. The summed E-state index contributed by atoms with van der Waals surface area (Å²) < 4.78 is 39.2. The number of quaternary nitrogens is 1. The normalized spacial score (nSPS) is 12.3. The molecule has 2 aromatic rings. The molecule has 2 amide bonds. The number of likely N-dealkylation sites (N-methyl/N-ethyl adjacent to an activating group) is 1. The average molecular weight is 408 g/mol. The monoisotopic (exact) mass is 408 g/mol. The lowest BCUT2D eigenvalue weighted by atomic mass is 10.1. The number of alkyl halides is 3. The highest BCUT2D eigenvalue weighted by Gasteiger charge is 2.33. The van der Waals surface area contributed by atoms with Crippen LogP contribution in [0.2, 0.25) is 0 Å². The van der Waals surface area contributed by atoms with E-state index in [4.69, 9.17) is 0 Å². The molecule has 0 heterocycles. The second kappa shape index (κ2) is 9.56. The predicted octanol–water partition coefficient (Wildman–Crippen LogP) is 2.80. The number of halogens is 3. The lowest BCUT2D eigenvalue weighted by molar-refractivity contribution is -0.881. The molecule has 0 saturated carbocycles. The Morgan fingerprint density at radius 2 is 1.45 bits per heavy atom. The van der Waals surface area contributed by atoms with Gasteiger partial charge >= 0.3 is 6.18 Å². The van der Waals surface area contributed by atoms with Gasteiger partial charge in [0.25, 0.3) is 11.8 Å². The molecule has 0 aliphatic rings. The molecule has 29 heavy (non-hydrogen) atoms. The summed E-state index contributed by atoms with van der Waals surface area (Å²) in [5.74, 6) is -0.850. The number of hydrogen-bond donors (Lipinski definition) is 3. The van der Waals surface area contributed by atoms with Crippen LogP contribution in [0.4, 0.5) is 24.5 Å². The number of carbonyl (C=O) groups is 2. The Morgan fingerprint density at radius 1 is 0.897 bits per heavy atom. The molecule has 0 saturated heterocycles. The summed E-state index contributed by atoms with van der Waals surface area (Å²) in [6.07, 6.45) is -4.56. The fraction of sp³-hybridized carbons (Fsp3) is 0.333. The van der Waals surface area contributed by atoms with Gasteiger partial charge < -0.3 is 15.5 Å². The first-order valence-electron chi connectivity index (χ1n) is 9.27. The third kappa shape index (κ3) is 6.32. The molecule has 1 atom stereocenters. The molecule has 0 fully saturated rings. The maximum Gasteiger partial charge on any atom is 0.418 e. The quantitative estimate of drug-likeness (QED) is 0.660. The van der Waals surface area contributed by atoms with E-state index >= 15 is 0 Å². The topological polar surface area (TPSA) is 62.6 Å². The zero-order chi connectivity index (χ0) is 21.6. The molecular formula is C21H25F3N3O2+. The zero-order valence-corrected chi connectivity index (χ0v) is 16.6. The fourth-order valence-corrected chi connectivity index (χ4v) is 2.88. The highest BCUT2D eigenvalue weighted by Crippen LogP contribution is 2.34. The number of amides is 2. The summed E-state index contributed by atoms with van der Waals surface area (Å²) in [6.45, 7) is 6.02. The SMILES string of the molecule is CC[NH+](CC(=O)Nc1ccccc1C(F)(F)F)CC(=O)Nc1cccc(C)c1C. The summed E-state index contributed by atoms with van der Waals surface area (Å²) in [7, 11) is 0. The van der Waals surface area contributed by atoms with Gasteiger partial charge in [-0.3, -0.25) is 9.59 Å².